The first-order valence-electron chi connectivity index (χ1n) is 7.10. The molecule has 0 aliphatic carbocycles. The highest BCUT2D eigenvalue weighted by atomic mass is 32.2. The molecule has 0 aliphatic heterocycles. The number of carbonyl (C=O) groups excluding carboxylic acids is 1. The van der Waals surface area contributed by atoms with Crippen LogP contribution in [0.1, 0.15) is 31.3 Å². The van der Waals surface area contributed by atoms with E-state index in [1.807, 2.05) is 37.7 Å². The molecule has 0 fully saturated rings. The Morgan fingerprint density at radius 1 is 1.45 bits per heavy atom. The van der Waals surface area contributed by atoms with E-state index in [1.165, 1.54) is 0 Å². The summed E-state index contributed by atoms with van der Waals surface area (Å²) in [6, 6.07) is 3.75. The van der Waals surface area contributed by atoms with Crippen LogP contribution in [-0.2, 0) is 0 Å². The predicted molar refractivity (Wildman–Crippen MR) is 87.5 cm³/mol. The topological polar surface area (TPSA) is 45.2 Å². The van der Waals surface area contributed by atoms with Crippen molar-refractivity contribution >= 4 is 23.4 Å². The molecule has 1 aromatic heterocycles. The van der Waals surface area contributed by atoms with E-state index in [-0.39, 0.29) is 5.91 Å². The van der Waals surface area contributed by atoms with Gasteiger partial charge in [-0.2, -0.15) is 11.8 Å². The lowest BCUT2D eigenvalue weighted by Crippen LogP contribution is -2.31. The quantitative estimate of drug-likeness (QED) is 0.801. The number of anilines is 1. The zero-order valence-corrected chi connectivity index (χ0v) is 13.7. The van der Waals surface area contributed by atoms with Crippen LogP contribution in [0.5, 0.6) is 0 Å². The second kappa shape index (κ2) is 8.84. The van der Waals surface area contributed by atoms with Crippen LogP contribution in [0, 0.1) is 5.92 Å². The SMILES string of the molecule is CCN(CC)C(=O)c1cc(NCC(C)CSC)ccn1. The standard InChI is InChI=1S/C15H25N3OS/c1-5-18(6-2)15(19)14-9-13(7-8-16-14)17-10-12(3)11-20-4/h7-9,12H,5-6,10-11H2,1-4H3,(H,16,17). The average molecular weight is 295 g/mol. The van der Waals surface area contributed by atoms with Crippen LogP contribution < -0.4 is 5.32 Å². The van der Waals surface area contributed by atoms with E-state index < -0.39 is 0 Å². The summed E-state index contributed by atoms with van der Waals surface area (Å²) in [5.41, 5.74) is 1.47. The lowest BCUT2D eigenvalue weighted by Gasteiger charge is -2.18. The fourth-order valence-electron chi connectivity index (χ4n) is 1.97. The summed E-state index contributed by atoms with van der Waals surface area (Å²) < 4.78 is 0. The molecule has 1 atom stereocenters. The Hall–Kier alpha value is -1.23. The number of thioether (sulfide) groups is 1. The number of rotatable bonds is 8. The van der Waals surface area contributed by atoms with Gasteiger partial charge in [-0.05, 0) is 43.9 Å². The van der Waals surface area contributed by atoms with E-state index >= 15 is 0 Å². The number of nitrogens with zero attached hydrogens (tertiary/aromatic N) is 2. The smallest absolute Gasteiger partial charge is 0.272 e. The fraction of sp³-hybridized carbons (Fsp3) is 0.600. The molecule has 0 spiro atoms. The minimum absolute atomic E-state index is 0.00388. The van der Waals surface area contributed by atoms with Gasteiger partial charge in [-0.25, -0.2) is 0 Å². The Morgan fingerprint density at radius 3 is 2.75 bits per heavy atom. The van der Waals surface area contributed by atoms with Gasteiger partial charge in [-0.1, -0.05) is 6.92 Å². The molecule has 112 valence electrons. The summed E-state index contributed by atoms with van der Waals surface area (Å²) in [5.74, 6) is 1.72. The van der Waals surface area contributed by atoms with Gasteiger partial charge in [0, 0.05) is 31.5 Å². The number of pyridine rings is 1. The van der Waals surface area contributed by atoms with Gasteiger partial charge in [0.25, 0.3) is 5.91 Å². The molecule has 4 nitrogen and oxygen atoms in total. The van der Waals surface area contributed by atoms with Gasteiger partial charge in [-0.15, -0.1) is 0 Å². The number of hydrogen-bond donors (Lipinski definition) is 1. The molecule has 20 heavy (non-hydrogen) atoms. The first-order chi connectivity index (χ1) is 9.62. The highest BCUT2D eigenvalue weighted by Gasteiger charge is 2.14. The molecule has 1 aromatic rings. The predicted octanol–water partition coefficient (Wildman–Crippen LogP) is 2.97. The summed E-state index contributed by atoms with van der Waals surface area (Å²) in [6.07, 6.45) is 3.81. The van der Waals surface area contributed by atoms with Gasteiger partial charge < -0.3 is 10.2 Å². The fourth-order valence-corrected chi connectivity index (χ4v) is 2.65. The first-order valence-corrected chi connectivity index (χ1v) is 8.49. The van der Waals surface area contributed by atoms with E-state index in [0.717, 1.165) is 18.0 Å². The summed E-state index contributed by atoms with van der Waals surface area (Å²) in [7, 11) is 0. The van der Waals surface area contributed by atoms with Gasteiger partial charge in [0.2, 0.25) is 0 Å². The van der Waals surface area contributed by atoms with E-state index in [1.54, 1.807) is 11.1 Å². The summed E-state index contributed by atoms with van der Waals surface area (Å²) in [6.45, 7) is 8.50. The Labute approximate surface area is 126 Å². The van der Waals surface area contributed by atoms with Crippen LogP contribution in [-0.4, -0.2) is 47.4 Å². The Morgan fingerprint density at radius 2 is 2.15 bits per heavy atom. The summed E-state index contributed by atoms with van der Waals surface area (Å²) >= 11 is 1.85. The zero-order chi connectivity index (χ0) is 15.0. The normalized spacial score (nSPS) is 12.0. The van der Waals surface area contributed by atoms with Crippen molar-refractivity contribution in [2.75, 3.05) is 37.0 Å². The largest absolute Gasteiger partial charge is 0.385 e. The molecule has 0 saturated heterocycles. The summed E-state index contributed by atoms with van der Waals surface area (Å²) in [5, 5.41) is 3.38. The van der Waals surface area contributed by atoms with Crippen LogP contribution in [0.4, 0.5) is 5.69 Å². The maximum absolute atomic E-state index is 12.2. The Balaban J connectivity index is 2.68. The number of aromatic nitrogens is 1. The van der Waals surface area contributed by atoms with Crippen molar-refractivity contribution in [3.8, 4) is 0 Å². The molecule has 0 saturated carbocycles. The Kier molecular flexibility index (Phi) is 7.44. The van der Waals surface area contributed by atoms with Gasteiger partial charge in [0.1, 0.15) is 5.69 Å². The van der Waals surface area contributed by atoms with E-state index in [2.05, 4.69) is 23.5 Å². The molecular weight excluding hydrogens is 270 g/mol. The monoisotopic (exact) mass is 295 g/mol. The number of nitrogens with one attached hydrogen (secondary N) is 1. The van der Waals surface area contributed by atoms with Crippen molar-refractivity contribution in [1.82, 2.24) is 9.88 Å². The number of carbonyl (C=O) groups is 1. The third-order valence-electron chi connectivity index (χ3n) is 3.14. The molecule has 0 aromatic carbocycles. The van der Waals surface area contributed by atoms with E-state index in [4.69, 9.17) is 0 Å². The van der Waals surface area contributed by atoms with Crippen LogP contribution in [0.3, 0.4) is 0 Å². The molecule has 5 heteroatoms. The highest BCUT2D eigenvalue weighted by molar-refractivity contribution is 7.98. The van der Waals surface area contributed by atoms with Crippen LogP contribution in [0.2, 0.25) is 0 Å². The molecule has 0 aliphatic rings. The molecule has 1 N–H and O–H groups in total. The summed E-state index contributed by atoms with van der Waals surface area (Å²) in [4.78, 5) is 18.2. The van der Waals surface area contributed by atoms with Crippen molar-refractivity contribution in [1.29, 1.82) is 0 Å². The lowest BCUT2D eigenvalue weighted by molar-refractivity contribution is 0.0767. The maximum Gasteiger partial charge on any atom is 0.272 e. The third kappa shape index (κ3) is 5.04. The highest BCUT2D eigenvalue weighted by Crippen LogP contribution is 2.12. The van der Waals surface area contributed by atoms with Gasteiger partial charge in [-0.3, -0.25) is 9.78 Å². The van der Waals surface area contributed by atoms with Crippen molar-refractivity contribution in [2.24, 2.45) is 5.92 Å². The number of amides is 1. The van der Waals surface area contributed by atoms with Gasteiger partial charge >= 0.3 is 0 Å². The lowest BCUT2D eigenvalue weighted by atomic mass is 10.2. The molecule has 1 rings (SSSR count). The molecule has 0 bridgehead atoms. The Bertz CT molecular complexity index is 421. The third-order valence-corrected chi connectivity index (χ3v) is 4.04. The van der Waals surface area contributed by atoms with Crippen LogP contribution in [0.25, 0.3) is 0 Å². The van der Waals surface area contributed by atoms with E-state index in [0.29, 0.717) is 24.7 Å². The van der Waals surface area contributed by atoms with Crippen LogP contribution in [0.15, 0.2) is 18.3 Å². The van der Waals surface area contributed by atoms with Crippen molar-refractivity contribution in [3.63, 3.8) is 0 Å². The minimum Gasteiger partial charge on any atom is -0.385 e. The average Bonchev–Trinajstić information content (AvgIpc) is 2.47. The van der Waals surface area contributed by atoms with Crippen molar-refractivity contribution in [2.45, 2.75) is 20.8 Å². The molecule has 0 radical (unpaired) electrons. The van der Waals surface area contributed by atoms with E-state index in [9.17, 15) is 4.79 Å². The minimum atomic E-state index is -0.00388. The second-order valence-electron chi connectivity index (χ2n) is 4.85. The molecular formula is C15H25N3OS. The number of hydrogen-bond acceptors (Lipinski definition) is 4. The van der Waals surface area contributed by atoms with Crippen LogP contribution >= 0.6 is 11.8 Å². The molecule has 1 amide bonds. The van der Waals surface area contributed by atoms with Crippen molar-refractivity contribution in [3.05, 3.63) is 24.0 Å². The molecule has 1 unspecified atom stereocenters. The molecule has 1 heterocycles. The maximum atomic E-state index is 12.2. The van der Waals surface area contributed by atoms with Crippen molar-refractivity contribution < 1.29 is 4.79 Å². The second-order valence-corrected chi connectivity index (χ2v) is 5.76. The zero-order valence-electron chi connectivity index (χ0n) is 12.8. The van der Waals surface area contributed by atoms with Gasteiger partial charge in [0.15, 0.2) is 0 Å². The first kappa shape index (κ1) is 16.8. The van der Waals surface area contributed by atoms with Gasteiger partial charge in [0.05, 0.1) is 0 Å².